The lowest BCUT2D eigenvalue weighted by molar-refractivity contribution is 0.103. The van der Waals surface area contributed by atoms with Gasteiger partial charge >= 0.3 is 0 Å². The topological polar surface area (TPSA) is 96.1 Å². The summed E-state index contributed by atoms with van der Waals surface area (Å²) in [5.41, 5.74) is 2.39. The molecule has 0 saturated heterocycles. The zero-order valence-corrected chi connectivity index (χ0v) is 19.4. The molecule has 3 aromatic rings. The monoisotopic (exact) mass is 467 g/mol. The summed E-state index contributed by atoms with van der Waals surface area (Å²) >= 11 is 6.11. The fraction of sp³-hybridized carbons (Fsp3) is 0.125. The van der Waals surface area contributed by atoms with E-state index >= 15 is 0 Å². The molecule has 1 atom stereocenters. The average Bonchev–Trinajstić information content (AvgIpc) is 3.20. The molecule has 0 aliphatic carbocycles. The van der Waals surface area contributed by atoms with Crippen LogP contribution < -0.4 is 4.72 Å². The number of allylic oxidation sites excluding steroid dienone is 4. The van der Waals surface area contributed by atoms with Gasteiger partial charge in [-0.3, -0.25) is 4.79 Å². The third-order valence-electron chi connectivity index (χ3n) is 4.45. The predicted molar refractivity (Wildman–Crippen MR) is 129 cm³/mol. The molecule has 1 unspecified atom stereocenters. The molecule has 2 N–H and O–H groups in total. The summed E-state index contributed by atoms with van der Waals surface area (Å²) in [4.78, 5) is 17.6. The van der Waals surface area contributed by atoms with E-state index in [1.807, 2.05) is 0 Å². The van der Waals surface area contributed by atoms with Gasteiger partial charge in [-0.25, -0.2) is 9.19 Å². The first-order chi connectivity index (χ1) is 15.2. The van der Waals surface area contributed by atoms with Crippen LogP contribution in [0.5, 0.6) is 0 Å². The number of carbonyl (C=O) groups is 1. The molecule has 2 aromatic carbocycles. The third-order valence-corrected chi connectivity index (χ3v) is 5.79. The van der Waals surface area contributed by atoms with E-state index in [0.717, 1.165) is 5.56 Å². The number of rotatable bonds is 8. The number of aromatic nitrogens is 1. The molecule has 8 heteroatoms. The van der Waals surface area contributed by atoms with E-state index in [1.165, 1.54) is 0 Å². The van der Waals surface area contributed by atoms with Gasteiger partial charge in [0.15, 0.2) is 17.4 Å². The van der Waals surface area contributed by atoms with E-state index in [1.54, 1.807) is 87.7 Å². The van der Waals surface area contributed by atoms with Gasteiger partial charge in [-0.2, -0.15) is 0 Å². The summed E-state index contributed by atoms with van der Waals surface area (Å²) in [5.74, 6) is 0.949. The summed E-state index contributed by atoms with van der Waals surface area (Å²) in [6.45, 7) is 5.09. The number of carbonyl (C=O) groups excluding carboxylic acids is 1. The van der Waals surface area contributed by atoms with Crippen LogP contribution in [0.1, 0.15) is 30.1 Å². The molecule has 1 aromatic heterocycles. The Morgan fingerprint density at radius 1 is 1.19 bits per heavy atom. The highest BCUT2D eigenvalue weighted by atomic mass is 35.5. The smallest absolute Gasteiger partial charge is 0.191 e. The second-order valence-corrected chi connectivity index (χ2v) is 8.70. The van der Waals surface area contributed by atoms with Crippen LogP contribution >= 0.6 is 11.6 Å². The van der Waals surface area contributed by atoms with Crippen LogP contribution in [-0.2, 0) is 11.0 Å². The van der Waals surface area contributed by atoms with Gasteiger partial charge in [-0.15, -0.1) is 0 Å². The van der Waals surface area contributed by atoms with Crippen molar-refractivity contribution in [2.45, 2.75) is 25.7 Å². The Balaban J connectivity index is 1.82. The maximum atomic E-state index is 12.9. The van der Waals surface area contributed by atoms with Gasteiger partial charge in [0.2, 0.25) is 0 Å². The average molecular weight is 468 g/mol. The lowest BCUT2D eigenvalue weighted by atomic mass is 10.0. The maximum absolute atomic E-state index is 12.9. The van der Waals surface area contributed by atoms with Crippen LogP contribution in [0.4, 0.5) is 5.69 Å². The highest BCUT2D eigenvalue weighted by molar-refractivity contribution is 7.86. The van der Waals surface area contributed by atoms with E-state index in [2.05, 4.69) is 9.71 Å². The van der Waals surface area contributed by atoms with Crippen molar-refractivity contribution in [1.29, 1.82) is 5.41 Å². The number of benzene rings is 2. The minimum absolute atomic E-state index is 0.254. The summed E-state index contributed by atoms with van der Waals surface area (Å²) < 4.78 is 21.3. The Morgan fingerprint density at radius 2 is 1.91 bits per heavy atom. The number of nitrogens with zero attached hydrogens (tertiary/aromatic N) is 1. The molecule has 0 radical (unpaired) electrons. The standard InChI is InChI=1S/C24H22ClN3O3S/c1-15(5-4-6-16(2)26)24(29)21-13-19(25)9-12-22(21)28-32(30)20-10-7-18(8-11-20)23-14-27-17(3)31-23/h4-14,26,28H,1-3H3/b6-4-,15-5+,26-16?. The van der Waals surface area contributed by atoms with Gasteiger partial charge in [-0.1, -0.05) is 23.8 Å². The van der Waals surface area contributed by atoms with Crippen LogP contribution in [0.3, 0.4) is 0 Å². The molecular formula is C24H22ClN3O3S. The first-order valence-electron chi connectivity index (χ1n) is 9.70. The molecule has 0 bridgehead atoms. The van der Waals surface area contributed by atoms with Crippen molar-refractivity contribution in [3.8, 4) is 11.3 Å². The number of oxazole rings is 1. The minimum Gasteiger partial charge on any atom is -0.441 e. The van der Waals surface area contributed by atoms with Crippen molar-refractivity contribution in [2.75, 3.05) is 4.72 Å². The zero-order chi connectivity index (χ0) is 23.3. The predicted octanol–water partition coefficient (Wildman–Crippen LogP) is 6.16. The number of anilines is 1. The van der Waals surface area contributed by atoms with E-state index in [9.17, 15) is 9.00 Å². The van der Waals surface area contributed by atoms with Gasteiger partial charge in [-0.05, 0) is 68.0 Å². The molecular weight excluding hydrogens is 446 g/mol. The highest BCUT2D eigenvalue weighted by Gasteiger charge is 2.16. The Bertz CT molecular complexity index is 1240. The number of aryl methyl sites for hydroxylation is 1. The van der Waals surface area contributed by atoms with Crippen molar-refractivity contribution in [2.24, 2.45) is 0 Å². The fourth-order valence-corrected chi connectivity index (χ4v) is 3.87. The van der Waals surface area contributed by atoms with Crippen LogP contribution in [0, 0.1) is 12.3 Å². The first kappa shape index (κ1) is 23.4. The van der Waals surface area contributed by atoms with Crippen LogP contribution in [0.2, 0.25) is 5.02 Å². The second-order valence-electron chi connectivity index (χ2n) is 7.05. The minimum atomic E-state index is -1.61. The summed E-state index contributed by atoms with van der Waals surface area (Å²) in [5, 5.41) is 7.82. The van der Waals surface area contributed by atoms with E-state index in [0.29, 0.717) is 44.1 Å². The van der Waals surface area contributed by atoms with E-state index in [-0.39, 0.29) is 5.78 Å². The quantitative estimate of drug-likeness (QED) is 0.179. The van der Waals surface area contributed by atoms with Gasteiger partial charge in [0.25, 0.3) is 0 Å². The van der Waals surface area contributed by atoms with Gasteiger partial charge in [0, 0.05) is 28.8 Å². The number of nitrogens with one attached hydrogen (secondary N) is 2. The lowest BCUT2D eigenvalue weighted by Gasteiger charge is -2.12. The van der Waals surface area contributed by atoms with Crippen molar-refractivity contribution in [1.82, 2.24) is 4.98 Å². The Hall–Kier alpha value is -3.29. The van der Waals surface area contributed by atoms with Crippen molar-refractivity contribution < 1.29 is 13.4 Å². The van der Waals surface area contributed by atoms with Crippen molar-refractivity contribution in [3.05, 3.63) is 88.9 Å². The Kier molecular flexibility index (Phi) is 7.56. The maximum Gasteiger partial charge on any atom is 0.191 e. The zero-order valence-electron chi connectivity index (χ0n) is 17.8. The molecule has 0 fully saturated rings. The van der Waals surface area contributed by atoms with Crippen molar-refractivity contribution in [3.63, 3.8) is 0 Å². The Labute approximate surface area is 194 Å². The summed E-state index contributed by atoms with van der Waals surface area (Å²) in [6.07, 6.45) is 6.50. The molecule has 0 aliphatic rings. The van der Waals surface area contributed by atoms with Gasteiger partial charge in [0.05, 0.1) is 16.8 Å². The second kappa shape index (κ2) is 10.3. The number of halogens is 1. The van der Waals surface area contributed by atoms with E-state index < -0.39 is 11.0 Å². The van der Waals surface area contributed by atoms with Crippen LogP contribution in [0.25, 0.3) is 11.3 Å². The van der Waals surface area contributed by atoms with Crippen molar-refractivity contribution >= 4 is 39.8 Å². The molecule has 3 rings (SSSR count). The SMILES string of the molecule is CC(=N)/C=C\C=C(/C)C(=O)c1cc(Cl)ccc1NS(=O)c1ccc(-c2cnc(C)o2)cc1. The number of hydrogen-bond acceptors (Lipinski definition) is 5. The molecule has 164 valence electrons. The molecule has 6 nitrogen and oxygen atoms in total. The molecule has 0 aliphatic heterocycles. The third kappa shape index (κ3) is 5.90. The normalized spacial score (nSPS) is 12.7. The molecule has 32 heavy (non-hydrogen) atoms. The molecule has 0 saturated carbocycles. The number of Topliss-reactive ketones (excluding diaryl/α,β-unsaturated/α-hetero) is 1. The van der Waals surface area contributed by atoms with Gasteiger partial charge < -0.3 is 14.5 Å². The van der Waals surface area contributed by atoms with E-state index in [4.69, 9.17) is 21.4 Å². The first-order valence-corrected chi connectivity index (χ1v) is 11.2. The number of hydrogen-bond donors (Lipinski definition) is 2. The lowest BCUT2D eigenvalue weighted by Crippen LogP contribution is -2.10. The fourth-order valence-electron chi connectivity index (χ4n) is 2.81. The molecule has 1 heterocycles. The summed E-state index contributed by atoms with van der Waals surface area (Å²) in [6, 6.07) is 11.9. The highest BCUT2D eigenvalue weighted by Crippen LogP contribution is 2.26. The van der Waals surface area contributed by atoms with Crippen LogP contribution in [0.15, 0.2) is 81.8 Å². The molecule has 0 amide bonds. The largest absolute Gasteiger partial charge is 0.441 e. The molecule has 0 spiro atoms. The van der Waals surface area contributed by atoms with Gasteiger partial charge in [0.1, 0.15) is 11.0 Å². The Morgan fingerprint density at radius 3 is 2.53 bits per heavy atom. The van der Waals surface area contributed by atoms with Crippen LogP contribution in [-0.4, -0.2) is 20.7 Å². The summed E-state index contributed by atoms with van der Waals surface area (Å²) in [7, 11) is -1.61. The number of ketones is 1.